The highest BCUT2D eigenvalue weighted by molar-refractivity contribution is 7.10. The molecule has 2 N–H and O–H groups in total. The highest BCUT2D eigenvalue weighted by Gasteiger charge is 2.14. The van der Waals surface area contributed by atoms with Gasteiger partial charge in [0.2, 0.25) is 0 Å². The van der Waals surface area contributed by atoms with Crippen molar-refractivity contribution < 1.29 is 0 Å². The van der Waals surface area contributed by atoms with E-state index in [0.717, 1.165) is 15.5 Å². The molecule has 0 saturated heterocycles. The molecule has 0 amide bonds. The maximum absolute atomic E-state index is 6.23. The summed E-state index contributed by atoms with van der Waals surface area (Å²) in [5.74, 6) is 0. The monoisotopic (exact) mass is 251 g/mol. The minimum absolute atomic E-state index is 0.119. The van der Waals surface area contributed by atoms with Crippen LogP contribution in [0.25, 0.3) is 0 Å². The van der Waals surface area contributed by atoms with Crippen LogP contribution in [-0.4, -0.2) is 0 Å². The van der Waals surface area contributed by atoms with E-state index < -0.39 is 0 Å². The van der Waals surface area contributed by atoms with Crippen molar-refractivity contribution in [2.45, 2.75) is 19.9 Å². The highest BCUT2D eigenvalue weighted by Crippen LogP contribution is 2.31. The largest absolute Gasteiger partial charge is 0.320 e. The summed E-state index contributed by atoms with van der Waals surface area (Å²) < 4.78 is 0. The molecule has 1 aromatic heterocycles. The fourth-order valence-corrected chi connectivity index (χ4v) is 3.07. The zero-order chi connectivity index (χ0) is 11.7. The van der Waals surface area contributed by atoms with Gasteiger partial charge in [0.15, 0.2) is 0 Å². The molecule has 16 heavy (non-hydrogen) atoms. The van der Waals surface area contributed by atoms with Crippen molar-refractivity contribution in [3.8, 4) is 0 Å². The molecule has 1 aromatic carbocycles. The molecule has 0 bridgehead atoms. The van der Waals surface area contributed by atoms with E-state index in [0.29, 0.717) is 0 Å². The molecule has 1 unspecified atom stereocenters. The summed E-state index contributed by atoms with van der Waals surface area (Å²) >= 11 is 7.70. The predicted octanol–water partition coefficient (Wildman–Crippen LogP) is 4.07. The van der Waals surface area contributed by atoms with Crippen molar-refractivity contribution in [1.82, 2.24) is 0 Å². The van der Waals surface area contributed by atoms with Gasteiger partial charge in [-0.25, -0.2) is 0 Å². The van der Waals surface area contributed by atoms with Crippen molar-refractivity contribution >= 4 is 22.9 Å². The van der Waals surface area contributed by atoms with Gasteiger partial charge in [-0.15, -0.1) is 11.3 Å². The van der Waals surface area contributed by atoms with Crippen LogP contribution < -0.4 is 5.73 Å². The molecule has 0 aliphatic heterocycles. The molecule has 1 heterocycles. The summed E-state index contributed by atoms with van der Waals surface area (Å²) in [5, 5.41) is 2.73. The van der Waals surface area contributed by atoms with Crippen molar-refractivity contribution in [3.05, 3.63) is 56.2 Å². The van der Waals surface area contributed by atoms with Gasteiger partial charge < -0.3 is 5.73 Å². The average molecular weight is 252 g/mol. The number of aryl methyl sites for hydroxylation is 2. The third-order valence-corrected chi connectivity index (χ3v) is 3.97. The van der Waals surface area contributed by atoms with E-state index in [1.54, 1.807) is 11.3 Å². The molecule has 0 spiro atoms. The first-order chi connectivity index (χ1) is 7.58. The number of nitrogens with two attached hydrogens (primary N) is 1. The lowest BCUT2D eigenvalue weighted by Gasteiger charge is -2.12. The molecule has 0 fully saturated rings. The summed E-state index contributed by atoms with van der Waals surface area (Å²) in [6.07, 6.45) is 0. The van der Waals surface area contributed by atoms with Gasteiger partial charge in [0.1, 0.15) is 0 Å². The van der Waals surface area contributed by atoms with Crippen LogP contribution >= 0.6 is 22.9 Å². The fraction of sp³-hybridized carbons (Fsp3) is 0.231. The number of benzene rings is 1. The van der Waals surface area contributed by atoms with Crippen LogP contribution in [0.15, 0.2) is 29.6 Å². The minimum atomic E-state index is -0.119. The molecule has 84 valence electrons. The predicted molar refractivity (Wildman–Crippen MR) is 71.3 cm³/mol. The third kappa shape index (κ3) is 2.29. The van der Waals surface area contributed by atoms with Gasteiger partial charge in [0.05, 0.1) is 11.1 Å². The van der Waals surface area contributed by atoms with Crippen LogP contribution in [0.2, 0.25) is 5.02 Å². The van der Waals surface area contributed by atoms with Gasteiger partial charge in [-0.2, -0.15) is 0 Å². The Balaban J connectivity index is 2.41. The number of rotatable bonds is 2. The lowest BCUT2D eigenvalue weighted by atomic mass is 10.0. The Morgan fingerprint density at radius 1 is 1.19 bits per heavy atom. The molecule has 2 aromatic rings. The summed E-state index contributed by atoms with van der Waals surface area (Å²) in [6, 6.07) is 8.16. The smallest absolute Gasteiger partial charge is 0.0661 e. The Hall–Kier alpha value is -0.830. The van der Waals surface area contributed by atoms with Gasteiger partial charge in [-0.3, -0.25) is 0 Å². The third-order valence-electron chi connectivity index (χ3n) is 2.53. The minimum Gasteiger partial charge on any atom is -0.320 e. The van der Waals surface area contributed by atoms with Crippen molar-refractivity contribution in [2.24, 2.45) is 5.73 Å². The molecule has 3 heteroatoms. The van der Waals surface area contributed by atoms with Crippen LogP contribution in [0, 0.1) is 13.8 Å². The van der Waals surface area contributed by atoms with Gasteiger partial charge in [-0.1, -0.05) is 40.9 Å². The van der Waals surface area contributed by atoms with E-state index in [4.69, 9.17) is 17.3 Å². The van der Waals surface area contributed by atoms with Crippen molar-refractivity contribution in [1.29, 1.82) is 0 Å². The van der Waals surface area contributed by atoms with Crippen LogP contribution in [0.5, 0.6) is 0 Å². The summed E-state index contributed by atoms with van der Waals surface area (Å²) in [7, 11) is 0. The first-order valence-corrected chi connectivity index (χ1v) is 6.40. The van der Waals surface area contributed by atoms with Crippen LogP contribution in [-0.2, 0) is 0 Å². The average Bonchev–Trinajstić information content (AvgIpc) is 2.62. The summed E-state index contributed by atoms with van der Waals surface area (Å²) in [4.78, 5) is 1.03. The molecule has 1 atom stereocenters. The Bertz CT molecular complexity index is 484. The Morgan fingerprint density at radius 2 is 1.81 bits per heavy atom. The molecule has 2 rings (SSSR count). The van der Waals surface area contributed by atoms with Crippen LogP contribution in [0.1, 0.15) is 27.6 Å². The first kappa shape index (κ1) is 11.6. The Morgan fingerprint density at radius 3 is 2.31 bits per heavy atom. The second-order valence-electron chi connectivity index (χ2n) is 4.03. The quantitative estimate of drug-likeness (QED) is 0.856. The zero-order valence-corrected chi connectivity index (χ0v) is 10.9. The number of hydrogen-bond acceptors (Lipinski definition) is 2. The Labute approximate surface area is 105 Å². The first-order valence-electron chi connectivity index (χ1n) is 5.14. The molecule has 0 aliphatic carbocycles. The Kier molecular flexibility index (Phi) is 3.33. The standard InChI is InChI=1S/C13H14ClNS/c1-8-5-9(2)7-10(6-8)12(15)13-11(14)3-4-16-13/h3-7,12H,15H2,1-2H3. The molecular weight excluding hydrogens is 238 g/mol. The summed E-state index contributed by atoms with van der Waals surface area (Å²) in [6.45, 7) is 4.17. The molecular formula is C13H14ClNS. The van der Waals surface area contributed by atoms with E-state index >= 15 is 0 Å². The van der Waals surface area contributed by atoms with E-state index in [9.17, 15) is 0 Å². The molecule has 0 saturated carbocycles. The normalized spacial score (nSPS) is 12.8. The summed E-state index contributed by atoms with van der Waals surface area (Å²) in [5.41, 5.74) is 9.82. The van der Waals surface area contributed by atoms with E-state index in [-0.39, 0.29) is 6.04 Å². The lowest BCUT2D eigenvalue weighted by molar-refractivity contribution is 0.889. The van der Waals surface area contributed by atoms with Gasteiger partial charge in [0.25, 0.3) is 0 Å². The van der Waals surface area contributed by atoms with Gasteiger partial charge in [-0.05, 0) is 30.9 Å². The molecule has 0 radical (unpaired) electrons. The lowest BCUT2D eigenvalue weighted by Crippen LogP contribution is -2.11. The maximum Gasteiger partial charge on any atom is 0.0661 e. The highest BCUT2D eigenvalue weighted by atomic mass is 35.5. The zero-order valence-electron chi connectivity index (χ0n) is 9.33. The van der Waals surface area contributed by atoms with Crippen LogP contribution in [0.4, 0.5) is 0 Å². The van der Waals surface area contributed by atoms with Gasteiger partial charge >= 0.3 is 0 Å². The van der Waals surface area contributed by atoms with Crippen molar-refractivity contribution in [3.63, 3.8) is 0 Å². The second kappa shape index (κ2) is 4.58. The second-order valence-corrected chi connectivity index (χ2v) is 5.39. The number of thiophene rings is 1. The maximum atomic E-state index is 6.23. The topological polar surface area (TPSA) is 26.0 Å². The van der Waals surface area contributed by atoms with E-state index in [1.165, 1.54) is 11.1 Å². The van der Waals surface area contributed by atoms with Crippen LogP contribution in [0.3, 0.4) is 0 Å². The molecule has 0 aliphatic rings. The van der Waals surface area contributed by atoms with Crippen molar-refractivity contribution in [2.75, 3.05) is 0 Å². The van der Waals surface area contributed by atoms with E-state index in [1.807, 2.05) is 11.4 Å². The van der Waals surface area contributed by atoms with Gasteiger partial charge in [0, 0.05) is 4.88 Å². The fourth-order valence-electron chi connectivity index (χ4n) is 1.87. The number of hydrogen-bond donors (Lipinski definition) is 1. The number of halogens is 1. The SMILES string of the molecule is Cc1cc(C)cc(C(N)c2sccc2Cl)c1. The molecule has 1 nitrogen and oxygen atoms in total. The van der Waals surface area contributed by atoms with E-state index in [2.05, 4.69) is 32.0 Å².